The first-order chi connectivity index (χ1) is 13.6. The highest BCUT2D eigenvalue weighted by Gasteiger charge is 2.13. The molecule has 0 aliphatic carbocycles. The number of phenolic OH excluding ortho intramolecular Hbond substituents is 1. The lowest BCUT2D eigenvalue weighted by Gasteiger charge is -2.06. The highest BCUT2D eigenvalue weighted by atomic mass is 79.9. The van der Waals surface area contributed by atoms with Crippen molar-refractivity contribution in [3.8, 4) is 11.5 Å². The Morgan fingerprint density at radius 3 is 2.82 bits per heavy atom. The number of benzene rings is 3. The molecule has 4 aromatic rings. The minimum atomic E-state index is -0.460. The second-order valence-corrected chi connectivity index (χ2v) is 6.91. The van der Waals surface area contributed by atoms with Crippen molar-refractivity contribution >= 4 is 49.8 Å². The molecule has 1 aromatic heterocycles. The van der Waals surface area contributed by atoms with Crippen molar-refractivity contribution in [3.63, 3.8) is 0 Å². The van der Waals surface area contributed by atoms with E-state index in [1.54, 1.807) is 12.1 Å². The fraction of sp³-hybridized carbons (Fsp3) is 0.0476. The van der Waals surface area contributed by atoms with Crippen molar-refractivity contribution in [2.24, 2.45) is 5.10 Å². The van der Waals surface area contributed by atoms with Gasteiger partial charge in [-0.15, -0.1) is 0 Å². The maximum atomic E-state index is 12.4. The maximum absolute atomic E-state index is 12.4. The second kappa shape index (κ2) is 7.36. The molecule has 3 aromatic carbocycles. The molecule has 0 bridgehead atoms. The van der Waals surface area contributed by atoms with Gasteiger partial charge in [-0.3, -0.25) is 4.79 Å². The van der Waals surface area contributed by atoms with Gasteiger partial charge in [0.1, 0.15) is 5.58 Å². The molecule has 1 amide bonds. The van der Waals surface area contributed by atoms with Crippen LogP contribution < -0.4 is 10.2 Å². The molecule has 0 spiro atoms. The summed E-state index contributed by atoms with van der Waals surface area (Å²) in [6, 6.07) is 16.5. The highest BCUT2D eigenvalue weighted by molar-refractivity contribution is 9.10. The van der Waals surface area contributed by atoms with Gasteiger partial charge in [-0.25, -0.2) is 5.43 Å². The van der Waals surface area contributed by atoms with Crippen molar-refractivity contribution in [1.82, 2.24) is 5.43 Å². The molecule has 7 heteroatoms. The van der Waals surface area contributed by atoms with Crippen LogP contribution in [0.3, 0.4) is 0 Å². The summed E-state index contributed by atoms with van der Waals surface area (Å²) in [6.07, 6.45) is 1.45. The molecule has 4 rings (SSSR count). The zero-order valence-electron chi connectivity index (χ0n) is 14.8. The number of ether oxygens (including phenoxy) is 1. The summed E-state index contributed by atoms with van der Waals surface area (Å²) in [4.78, 5) is 12.4. The summed E-state index contributed by atoms with van der Waals surface area (Å²) >= 11 is 3.33. The summed E-state index contributed by atoms with van der Waals surface area (Å²) in [6.45, 7) is 0. The number of hydrogen-bond acceptors (Lipinski definition) is 5. The minimum Gasteiger partial charge on any atom is -0.504 e. The van der Waals surface area contributed by atoms with E-state index in [1.807, 2.05) is 36.4 Å². The summed E-state index contributed by atoms with van der Waals surface area (Å²) in [5.74, 6) is 0.0226. The third kappa shape index (κ3) is 3.32. The van der Waals surface area contributed by atoms with Crippen LogP contribution in [0, 0.1) is 0 Å². The van der Waals surface area contributed by atoms with Gasteiger partial charge in [-0.1, -0.05) is 30.3 Å². The van der Waals surface area contributed by atoms with E-state index in [9.17, 15) is 9.90 Å². The zero-order chi connectivity index (χ0) is 19.7. The van der Waals surface area contributed by atoms with Crippen LogP contribution in [0.5, 0.6) is 11.5 Å². The first kappa shape index (κ1) is 18.1. The number of carbonyl (C=O) groups excluding carboxylic acids is 1. The van der Waals surface area contributed by atoms with E-state index in [0.717, 1.165) is 16.2 Å². The molecule has 0 aliphatic heterocycles. The highest BCUT2D eigenvalue weighted by Crippen LogP contribution is 2.31. The van der Waals surface area contributed by atoms with Crippen LogP contribution in [0.1, 0.15) is 16.1 Å². The predicted molar refractivity (Wildman–Crippen MR) is 111 cm³/mol. The molecule has 2 N–H and O–H groups in total. The van der Waals surface area contributed by atoms with Crippen molar-refractivity contribution in [1.29, 1.82) is 0 Å². The van der Waals surface area contributed by atoms with Crippen LogP contribution in [-0.2, 0) is 0 Å². The van der Waals surface area contributed by atoms with E-state index in [1.165, 1.54) is 19.4 Å². The lowest BCUT2D eigenvalue weighted by molar-refractivity contribution is 0.0929. The standard InChI is InChI=1S/C21H15BrN2O4/c1-27-19-8-13(16(22)10-17(19)25)11-23-24-21(26)20-9-15-14-5-3-2-4-12(14)6-7-18(15)28-20/h2-11,25H,1H3,(H,24,26). The van der Waals surface area contributed by atoms with Crippen molar-refractivity contribution < 1.29 is 19.1 Å². The molecule has 0 aliphatic rings. The Hall–Kier alpha value is -3.32. The van der Waals surface area contributed by atoms with E-state index in [4.69, 9.17) is 9.15 Å². The number of carbonyl (C=O) groups is 1. The van der Waals surface area contributed by atoms with Gasteiger partial charge < -0.3 is 14.3 Å². The Kier molecular flexibility index (Phi) is 4.75. The van der Waals surface area contributed by atoms with E-state index < -0.39 is 5.91 Å². The molecule has 0 saturated carbocycles. The molecule has 28 heavy (non-hydrogen) atoms. The summed E-state index contributed by atoms with van der Waals surface area (Å²) in [7, 11) is 1.46. The number of furan rings is 1. The van der Waals surface area contributed by atoms with E-state index in [-0.39, 0.29) is 11.5 Å². The van der Waals surface area contributed by atoms with E-state index >= 15 is 0 Å². The van der Waals surface area contributed by atoms with Crippen LogP contribution in [-0.4, -0.2) is 24.3 Å². The first-order valence-corrected chi connectivity index (χ1v) is 9.17. The minimum absolute atomic E-state index is 0.00469. The molecule has 0 saturated heterocycles. The number of halogens is 1. The van der Waals surface area contributed by atoms with Gasteiger partial charge in [-0.05, 0) is 51.0 Å². The van der Waals surface area contributed by atoms with E-state index in [0.29, 0.717) is 21.4 Å². The lowest BCUT2D eigenvalue weighted by atomic mass is 10.1. The Bertz CT molecular complexity index is 1230. The molecular weight excluding hydrogens is 424 g/mol. The largest absolute Gasteiger partial charge is 0.504 e. The Labute approximate surface area is 168 Å². The summed E-state index contributed by atoms with van der Waals surface area (Å²) in [5, 5.41) is 16.7. The number of hydrogen-bond donors (Lipinski definition) is 2. The molecule has 140 valence electrons. The molecule has 0 radical (unpaired) electrons. The number of methoxy groups -OCH3 is 1. The maximum Gasteiger partial charge on any atom is 0.307 e. The fourth-order valence-electron chi connectivity index (χ4n) is 2.94. The van der Waals surface area contributed by atoms with Crippen LogP contribution >= 0.6 is 15.9 Å². The Morgan fingerprint density at radius 1 is 1.18 bits per heavy atom. The smallest absolute Gasteiger partial charge is 0.307 e. The molecular formula is C21H15BrN2O4. The zero-order valence-corrected chi connectivity index (χ0v) is 16.4. The van der Waals surface area contributed by atoms with Crippen molar-refractivity contribution in [3.05, 3.63) is 70.4 Å². The van der Waals surface area contributed by atoms with Gasteiger partial charge in [-0.2, -0.15) is 5.10 Å². The molecule has 0 unspecified atom stereocenters. The summed E-state index contributed by atoms with van der Waals surface area (Å²) < 4.78 is 11.3. The molecule has 1 heterocycles. The van der Waals surface area contributed by atoms with Gasteiger partial charge >= 0.3 is 5.91 Å². The average Bonchev–Trinajstić information content (AvgIpc) is 3.14. The van der Waals surface area contributed by atoms with Gasteiger partial charge in [0, 0.05) is 15.4 Å². The van der Waals surface area contributed by atoms with Crippen molar-refractivity contribution in [2.75, 3.05) is 7.11 Å². The van der Waals surface area contributed by atoms with Crippen LogP contribution in [0.4, 0.5) is 0 Å². The fourth-order valence-corrected chi connectivity index (χ4v) is 3.37. The van der Waals surface area contributed by atoms with Gasteiger partial charge in [0.25, 0.3) is 0 Å². The number of aromatic hydroxyl groups is 1. The topological polar surface area (TPSA) is 84.1 Å². The van der Waals surface area contributed by atoms with Gasteiger partial charge in [0.15, 0.2) is 17.3 Å². The molecule has 0 fully saturated rings. The monoisotopic (exact) mass is 438 g/mol. The number of rotatable bonds is 4. The summed E-state index contributed by atoms with van der Waals surface area (Å²) in [5.41, 5.74) is 3.72. The van der Waals surface area contributed by atoms with Crippen LogP contribution in [0.2, 0.25) is 0 Å². The van der Waals surface area contributed by atoms with Crippen molar-refractivity contribution in [2.45, 2.75) is 0 Å². The lowest BCUT2D eigenvalue weighted by Crippen LogP contribution is -2.16. The second-order valence-electron chi connectivity index (χ2n) is 6.05. The number of nitrogens with one attached hydrogen (secondary N) is 1. The van der Waals surface area contributed by atoms with Crippen LogP contribution in [0.25, 0.3) is 21.7 Å². The van der Waals surface area contributed by atoms with Gasteiger partial charge in [0.2, 0.25) is 0 Å². The number of fused-ring (bicyclic) bond motifs is 3. The number of hydrazone groups is 1. The molecule has 0 atom stereocenters. The first-order valence-electron chi connectivity index (χ1n) is 8.38. The predicted octanol–water partition coefficient (Wildman–Crippen LogP) is 4.83. The van der Waals surface area contributed by atoms with Crippen LogP contribution in [0.15, 0.2) is 68.6 Å². The number of amides is 1. The molecule has 6 nitrogen and oxygen atoms in total. The normalized spacial score (nSPS) is 11.4. The third-order valence-electron chi connectivity index (χ3n) is 4.32. The Balaban J connectivity index is 1.57. The average molecular weight is 439 g/mol. The quantitative estimate of drug-likeness (QED) is 0.353. The van der Waals surface area contributed by atoms with E-state index in [2.05, 4.69) is 26.5 Å². The van der Waals surface area contributed by atoms with Gasteiger partial charge in [0.05, 0.1) is 13.3 Å². The SMILES string of the molecule is COc1cc(C=NNC(=O)c2cc3c(ccc4ccccc43)o2)c(Br)cc1O. The Morgan fingerprint density at radius 2 is 2.00 bits per heavy atom. The number of phenols is 1. The third-order valence-corrected chi connectivity index (χ3v) is 5.00. The number of nitrogens with zero attached hydrogens (tertiary/aromatic N) is 1.